The second-order valence-corrected chi connectivity index (χ2v) is 2.37. The molecule has 0 aliphatic rings. The number of hydrogen-bond acceptors (Lipinski definition) is 3. The third kappa shape index (κ3) is 1.92. The van der Waals surface area contributed by atoms with Crippen molar-refractivity contribution in [3.05, 3.63) is 32.2 Å². The first-order valence-corrected chi connectivity index (χ1v) is 3.33. The lowest BCUT2D eigenvalue weighted by atomic mass is 10.5. The van der Waals surface area contributed by atoms with E-state index in [0.717, 1.165) is 4.68 Å². The third-order valence-corrected chi connectivity index (χ3v) is 1.30. The van der Waals surface area contributed by atoms with Gasteiger partial charge in [-0.15, -0.1) is 0 Å². The number of nitro groups is 1. The van der Waals surface area contributed by atoms with Gasteiger partial charge in [0.25, 0.3) is 0 Å². The van der Waals surface area contributed by atoms with Crippen molar-refractivity contribution in [2.45, 2.75) is 6.92 Å². The molecule has 8 nitrogen and oxygen atoms in total. The minimum atomic E-state index is -0.849. The number of rotatable bonds is 1. The fourth-order valence-electron chi connectivity index (χ4n) is 0.836. The molecule has 0 unspecified atom stereocenters. The molecule has 0 radical (unpaired) electrons. The van der Waals surface area contributed by atoms with Crippen LogP contribution in [0.15, 0.2) is 10.9 Å². The maximum atomic E-state index is 11.0. The largest absolute Gasteiger partial charge is 0.436 e. The Morgan fingerprint density at radius 2 is 2.46 bits per heavy atom. The van der Waals surface area contributed by atoms with E-state index in [1.54, 1.807) is 12.3 Å². The molecule has 1 aromatic rings. The van der Waals surface area contributed by atoms with Crippen LogP contribution in [-0.2, 0) is 0 Å². The van der Waals surface area contributed by atoms with Gasteiger partial charge in [0.1, 0.15) is 0 Å². The molecular formula is C5H8N5O3+. The number of aryl methyl sites for hydroxylation is 1. The summed E-state index contributed by atoms with van der Waals surface area (Å²) in [5.74, 6) is -0.372. The van der Waals surface area contributed by atoms with Crippen LogP contribution in [0.25, 0.3) is 0 Å². The van der Waals surface area contributed by atoms with E-state index in [2.05, 4.69) is 5.10 Å². The molecule has 1 heterocycles. The highest BCUT2D eigenvalue weighted by atomic mass is 16.7. The summed E-state index contributed by atoms with van der Waals surface area (Å²) in [6.07, 6.45) is 0. The Bertz CT molecular complexity index is 403. The fourth-order valence-corrected chi connectivity index (χ4v) is 0.836. The lowest BCUT2D eigenvalue weighted by Gasteiger charge is -1.90. The van der Waals surface area contributed by atoms with Crippen LogP contribution in [0.2, 0.25) is 0 Å². The Morgan fingerprint density at radius 3 is 2.85 bits per heavy atom. The first-order valence-electron chi connectivity index (χ1n) is 3.33. The minimum absolute atomic E-state index is 0.372. The first-order chi connectivity index (χ1) is 6.00. The zero-order valence-electron chi connectivity index (χ0n) is 6.77. The molecule has 8 heteroatoms. The molecule has 0 bridgehead atoms. The number of aromatic nitrogens is 2. The lowest BCUT2D eigenvalue weighted by molar-refractivity contribution is -0.530. The molecule has 0 saturated heterocycles. The molecule has 0 atom stereocenters. The standard InChI is InChI=1S/C5H7N5O3/c1-3-2-4(11)9(7-3)5(6)8-10(12)13/h2,7H,1H3,(H2,6,8)/p+1. The van der Waals surface area contributed by atoms with Gasteiger partial charge in [0.15, 0.2) is 0 Å². The summed E-state index contributed by atoms with van der Waals surface area (Å²) in [6.45, 7) is 1.64. The zero-order valence-corrected chi connectivity index (χ0v) is 6.77. The normalized spacial score (nSPS) is 9.62. The van der Waals surface area contributed by atoms with E-state index in [4.69, 9.17) is 5.41 Å². The highest BCUT2D eigenvalue weighted by Crippen LogP contribution is 1.82. The summed E-state index contributed by atoms with van der Waals surface area (Å²) in [7, 11) is 0. The molecular weight excluding hydrogens is 178 g/mol. The summed E-state index contributed by atoms with van der Waals surface area (Å²) >= 11 is 0. The Morgan fingerprint density at radius 1 is 1.85 bits per heavy atom. The van der Waals surface area contributed by atoms with Crippen LogP contribution in [-0.4, -0.2) is 20.8 Å². The van der Waals surface area contributed by atoms with Gasteiger partial charge in [-0.1, -0.05) is 4.68 Å². The Hall–Kier alpha value is -2.12. The summed E-state index contributed by atoms with van der Waals surface area (Å²) in [6, 6.07) is 1.27. The number of hydrogen-bond donors (Lipinski definition) is 3. The van der Waals surface area contributed by atoms with Crippen molar-refractivity contribution in [3.8, 4) is 0 Å². The second-order valence-electron chi connectivity index (χ2n) is 2.37. The van der Waals surface area contributed by atoms with E-state index >= 15 is 0 Å². The van der Waals surface area contributed by atoms with Crippen LogP contribution in [0.4, 0.5) is 0 Å². The molecule has 1 rings (SSSR count). The van der Waals surface area contributed by atoms with Crippen LogP contribution >= 0.6 is 0 Å². The molecule has 1 aromatic heterocycles. The summed E-state index contributed by atoms with van der Waals surface area (Å²) in [5, 5.41) is 16.8. The van der Waals surface area contributed by atoms with Crippen molar-refractivity contribution in [2.24, 2.45) is 0 Å². The molecule has 0 aromatic carbocycles. The average Bonchev–Trinajstić information content (AvgIpc) is 2.28. The number of aromatic amines is 1. The number of nitrogens with zero attached hydrogens (tertiary/aromatic N) is 2. The topological polar surface area (TPSA) is 119 Å². The quantitative estimate of drug-likeness (QED) is 0.190. The van der Waals surface area contributed by atoms with Crippen molar-refractivity contribution in [3.63, 3.8) is 0 Å². The Balaban J connectivity index is 2.95. The Kier molecular flexibility index (Phi) is 2.13. The van der Waals surface area contributed by atoms with Crippen molar-refractivity contribution >= 4 is 5.96 Å². The van der Waals surface area contributed by atoms with E-state index in [-0.39, 0.29) is 5.96 Å². The van der Waals surface area contributed by atoms with E-state index < -0.39 is 10.6 Å². The lowest BCUT2D eigenvalue weighted by Crippen LogP contribution is -2.57. The summed E-state index contributed by atoms with van der Waals surface area (Å²) in [5.41, 5.74) is 1.77. The Labute approximate surface area is 71.8 Å². The van der Waals surface area contributed by atoms with E-state index in [1.807, 2.05) is 0 Å². The van der Waals surface area contributed by atoms with Crippen LogP contribution < -0.4 is 16.4 Å². The van der Waals surface area contributed by atoms with Gasteiger partial charge in [-0.25, -0.2) is 20.0 Å². The second kappa shape index (κ2) is 3.09. The maximum absolute atomic E-state index is 11.0. The molecule has 0 saturated carbocycles. The SMILES string of the molecule is Cc1cc(=O)n(C(=[NH2+])N[N+](=O)[O-])[nH]1. The number of H-pyrrole nitrogens is 1. The van der Waals surface area contributed by atoms with Crippen LogP contribution in [0.3, 0.4) is 0 Å². The molecule has 70 valence electrons. The molecule has 13 heavy (non-hydrogen) atoms. The number of hydrazine groups is 1. The number of nitrogens with two attached hydrogens (primary N) is 1. The van der Waals surface area contributed by atoms with Crippen molar-refractivity contribution < 1.29 is 10.4 Å². The van der Waals surface area contributed by atoms with Crippen molar-refractivity contribution in [1.29, 1.82) is 0 Å². The van der Waals surface area contributed by atoms with Gasteiger partial charge in [0.2, 0.25) is 5.03 Å². The predicted octanol–water partition coefficient (Wildman–Crippen LogP) is -2.77. The fraction of sp³-hybridized carbons (Fsp3) is 0.200. The molecule has 0 fully saturated rings. The van der Waals surface area contributed by atoms with Gasteiger partial charge in [-0.2, -0.15) is 0 Å². The molecule has 0 spiro atoms. The van der Waals surface area contributed by atoms with Gasteiger partial charge >= 0.3 is 11.5 Å². The highest BCUT2D eigenvalue weighted by molar-refractivity contribution is 5.73. The number of nitrogens with one attached hydrogen (secondary N) is 2. The minimum Gasteiger partial charge on any atom is -0.284 e. The van der Waals surface area contributed by atoms with E-state index in [9.17, 15) is 14.9 Å². The molecule has 0 aliphatic heterocycles. The highest BCUT2D eigenvalue weighted by Gasteiger charge is 2.17. The van der Waals surface area contributed by atoms with E-state index in [0.29, 0.717) is 5.69 Å². The van der Waals surface area contributed by atoms with Crippen molar-refractivity contribution in [1.82, 2.24) is 15.2 Å². The van der Waals surface area contributed by atoms with E-state index in [1.165, 1.54) is 6.07 Å². The van der Waals surface area contributed by atoms with Gasteiger partial charge < -0.3 is 0 Å². The molecule has 0 aliphatic carbocycles. The smallest absolute Gasteiger partial charge is 0.284 e. The summed E-state index contributed by atoms with van der Waals surface area (Å²) < 4.78 is 0.845. The van der Waals surface area contributed by atoms with Gasteiger partial charge in [-0.05, 0) is 6.92 Å². The van der Waals surface area contributed by atoms with Gasteiger partial charge in [0.05, 0.1) is 0 Å². The predicted molar refractivity (Wildman–Crippen MR) is 42.3 cm³/mol. The monoisotopic (exact) mass is 186 g/mol. The molecule has 4 N–H and O–H groups in total. The van der Waals surface area contributed by atoms with Gasteiger partial charge in [-0.3, -0.25) is 5.41 Å². The van der Waals surface area contributed by atoms with Crippen molar-refractivity contribution in [2.75, 3.05) is 0 Å². The first kappa shape index (κ1) is 8.97. The average molecular weight is 186 g/mol. The third-order valence-electron chi connectivity index (χ3n) is 1.30. The van der Waals surface area contributed by atoms with Crippen LogP contribution in [0, 0.1) is 17.0 Å². The zero-order chi connectivity index (χ0) is 10.0. The molecule has 0 amide bonds. The van der Waals surface area contributed by atoms with Gasteiger partial charge in [0, 0.05) is 17.2 Å². The maximum Gasteiger partial charge on any atom is 0.436 e. The van der Waals surface area contributed by atoms with Crippen LogP contribution in [0.1, 0.15) is 5.69 Å². The van der Waals surface area contributed by atoms with Crippen LogP contribution in [0.5, 0.6) is 0 Å². The summed E-state index contributed by atoms with van der Waals surface area (Å²) in [4.78, 5) is 21.0.